The largest absolute Gasteiger partial charge is 0.494 e. The number of aryl methyl sites for hydroxylation is 1. The van der Waals surface area contributed by atoms with Gasteiger partial charge in [-0.1, -0.05) is 29.5 Å². The average molecular weight is 504 g/mol. The molecular weight excluding hydrogens is 474 g/mol. The standard InChI is InChI=1S/C28H29N3O4S/c1-4-34-23-14-10-21(11-15-23)30-28-31(22-12-16-24(17-13-22)35-5-2)27(33)25(36-28)18-26(32)29-20-8-6-19(3)7-9-20/h6-17,25H,4-5,18H2,1-3H3,(H,29,32)/t25-/m0/s1. The Morgan fingerprint density at radius 3 is 2.08 bits per heavy atom. The topological polar surface area (TPSA) is 80.2 Å². The molecule has 1 aliphatic heterocycles. The fourth-order valence-corrected chi connectivity index (χ4v) is 4.84. The molecule has 1 saturated heterocycles. The molecule has 4 rings (SSSR count). The number of amidine groups is 1. The summed E-state index contributed by atoms with van der Waals surface area (Å²) in [7, 11) is 0. The molecular formula is C28H29N3O4S. The second-order valence-electron chi connectivity index (χ2n) is 8.15. The average Bonchev–Trinajstić information content (AvgIpc) is 3.17. The van der Waals surface area contributed by atoms with E-state index in [-0.39, 0.29) is 18.2 Å². The van der Waals surface area contributed by atoms with Gasteiger partial charge in [0.15, 0.2) is 5.17 Å². The van der Waals surface area contributed by atoms with Crippen LogP contribution in [0.25, 0.3) is 0 Å². The normalized spacial score (nSPS) is 16.3. The number of carbonyl (C=O) groups is 2. The minimum Gasteiger partial charge on any atom is -0.494 e. The van der Waals surface area contributed by atoms with E-state index in [0.717, 1.165) is 17.1 Å². The predicted octanol–water partition coefficient (Wildman–Crippen LogP) is 5.96. The van der Waals surface area contributed by atoms with Crippen molar-refractivity contribution in [2.24, 2.45) is 4.99 Å². The summed E-state index contributed by atoms with van der Waals surface area (Å²) in [6, 6.07) is 22.2. The molecule has 1 heterocycles. The van der Waals surface area contributed by atoms with Crippen LogP contribution in [-0.4, -0.2) is 35.4 Å². The minimum absolute atomic E-state index is 0.0349. The first-order valence-corrected chi connectivity index (χ1v) is 12.8. The highest BCUT2D eigenvalue weighted by Gasteiger charge is 2.40. The Hall–Kier alpha value is -3.78. The number of anilines is 2. The summed E-state index contributed by atoms with van der Waals surface area (Å²) >= 11 is 1.29. The van der Waals surface area contributed by atoms with Gasteiger partial charge in [-0.2, -0.15) is 0 Å². The minimum atomic E-state index is -0.594. The summed E-state index contributed by atoms with van der Waals surface area (Å²) in [5, 5.41) is 2.80. The van der Waals surface area contributed by atoms with Crippen LogP contribution in [0.1, 0.15) is 25.8 Å². The third kappa shape index (κ3) is 6.26. The Morgan fingerprint density at radius 2 is 1.50 bits per heavy atom. The van der Waals surface area contributed by atoms with E-state index < -0.39 is 5.25 Å². The monoisotopic (exact) mass is 503 g/mol. The Labute approximate surface area is 215 Å². The van der Waals surface area contributed by atoms with Crippen LogP contribution in [0.5, 0.6) is 11.5 Å². The molecule has 1 N–H and O–H groups in total. The Bertz CT molecular complexity index is 1230. The summed E-state index contributed by atoms with van der Waals surface area (Å²) in [5.41, 5.74) is 3.17. The van der Waals surface area contributed by atoms with Crippen molar-refractivity contribution in [1.82, 2.24) is 0 Å². The highest BCUT2D eigenvalue weighted by atomic mass is 32.2. The zero-order chi connectivity index (χ0) is 25.5. The lowest BCUT2D eigenvalue weighted by Gasteiger charge is -2.17. The molecule has 0 unspecified atom stereocenters. The van der Waals surface area contributed by atoms with E-state index in [4.69, 9.17) is 14.5 Å². The number of hydrogen-bond donors (Lipinski definition) is 1. The number of rotatable bonds is 9. The molecule has 0 spiro atoms. The van der Waals surface area contributed by atoms with E-state index in [2.05, 4.69) is 5.32 Å². The third-order valence-corrected chi connectivity index (χ3v) is 6.56. The highest BCUT2D eigenvalue weighted by Crippen LogP contribution is 2.36. The van der Waals surface area contributed by atoms with Gasteiger partial charge in [-0.3, -0.25) is 14.5 Å². The van der Waals surface area contributed by atoms with Gasteiger partial charge in [0.2, 0.25) is 11.8 Å². The van der Waals surface area contributed by atoms with Gasteiger partial charge >= 0.3 is 0 Å². The Kier molecular flexibility index (Phi) is 8.28. The zero-order valence-corrected chi connectivity index (χ0v) is 21.4. The van der Waals surface area contributed by atoms with Crippen LogP contribution < -0.4 is 19.7 Å². The van der Waals surface area contributed by atoms with Crippen molar-refractivity contribution in [2.75, 3.05) is 23.4 Å². The van der Waals surface area contributed by atoms with Crippen LogP contribution in [0.15, 0.2) is 77.8 Å². The third-order valence-electron chi connectivity index (χ3n) is 5.42. The van der Waals surface area contributed by atoms with E-state index in [1.54, 1.807) is 4.90 Å². The summed E-state index contributed by atoms with van der Waals surface area (Å²) < 4.78 is 11.0. The highest BCUT2D eigenvalue weighted by molar-refractivity contribution is 8.16. The Morgan fingerprint density at radius 1 is 0.917 bits per heavy atom. The number of benzene rings is 3. The smallest absolute Gasteiger partial charge is 0.247 e. The number of nitrogens with zero attached hydrogens (tertiary/aromatic N) is 2. The molecule has 0 bridgehead atoms. The number of carbonyl (C=O) groups excluding carboxylic acids is 2. The summed E-state index contributed by atoms with van der Waals surface area (Å²) in [5.74, 6) is 1.07. The van der Waals surface area contributed by atoms with Crippen molar-refractivity contribution in [3.63, 3.8) is 0 Å². The van der Waals surface area contributed by atoms with Crippen LogP contribution in [-0.2, 0) is 9.59 Å². The van der Waals surface area contributed by atoms with Crippen LogP contribution in [0, 0.1) is 6.92 Å². The van der Waals surface area contributed by atoms with Crippen molar-refractivity contribution in [3.05, 3.63) is 78.4 Å². The fraction of sp³-hybridized carbons (Fsp3) is 0.250. The molecule has 8 heteroatoms. The van der Waals surface area contributed by atoms with Crippen LogP contribution >= 0.6 is 11.8 Å². The van der Waals surface area contributed by atoms with Crippen LogP contribution in [0.2, 0.25) is 0 Å². The number of amides is 2. The maximum atomic E-state index is 13.5. The molecule has 3 aromatic carbocycles. The fourth-order valence-electron chi connectivity index (χ4n) is 3.68. The second-order valence-corrected chi connectivity index (χ2v) is 9.32. The Balaban J connectivity index is 1.57. The summed E-state index contributed by atoms with van der Waals surface area (Å²) in [6.45, 7) is 6.97. The zero-order valence-electron chi connectivity index (χ0n) is 20.6. The van der Waals surface area contributed by atoms with Crippen molar-refractivity contribution >= 4 is 45.8 Å². The van der Waals surface area contributed by atoms with Gasteiger partial charge in [0, 0.05) is 12.1 Å². The first kappa shape index (κ1) is 25.3. The van der Waals surface area contributed by atoms with Gasteiger partial charge in [0.1, 0.15) is 16.7 Å². The quantitative estimate of drug-likeness (QED) is 0.390. The van der Waals surface area contributed by atoms with Gasteiger partial charge < -0.3 is 14.8 Å². The SMILES string of the molecule is CCOc1ccc(N=C2S[C@@H](CC(=O)Nc3ccc(C)cc3)C(=O)N2c2ccc(OCC)cc2)cc1. The van der Waals surface area contributed by atoms with E-state index >= 15 is 0 Å². The number of hydrogen-bond acceptors (Lipinski definition) is 6. The lowest BCUT2D eigenvalue weighted by atomic mass is 10.2. The molecule has 0 radical (unpaired) electrons. The molecule has 3 aromatic rings. The first-order valence-electron chi connectivity index (χ1n) is 11.9. The lowest BCUT2D eigenvalue weighted by molar-refractivity contribution is -0.121. The number of thioether (sulfide) groups is 1. The van der Waals surface area contributed by atoms with Gasteiger partial charge in [0.25, 0.3) is 0 Å². The van der Waals surface area contributed by atoms with Crippen molar-refractivity contribution in [3.8, 4) is 11.5 Å². The van der Waals surface area contributed by atoms with Crippen molar-refractivity contribution < 1.29 is 19.1 Å². The van der Waals surface area contributed by atoms with Gasteiger partial charge in [-0.15, -0.1) is 0 Å². The van der Waals surface area contributed by atoms with Crippen molar-refractivity contribution in [1.29, 1.82) is 0 Å². The van der Waals surface area contributed by atoms with E-state index in [1.165, 1.54) is 11.8 Å². The summed E-state index contributed by atoms with van der Waals surface area (Å²) in [6.07, 6.45) is 0.0349. The number of nitrogens with one attached hydrogen (secondary N) is 1. The predicted molar refractivity (Wildman–Crippen MR) is 146 cm³/mol. The molecule has 0 aromatic heterocycles. The van der Waals surface area contributed by atoms with E-state index in [1.807, 2.05) is 93.6 Å². The second kappa shape index (κ2) is 11.8. The molecule has 0 saturated carbocycles. The first-order chi connectivity index (χ1) is 17.5. The maximum absolute atomic E-state index is 13.5. The van der Waals surface area contributed by atoms with Crippen LogP contribution in [0.4, 0.5) is 17.1 Å². The summed E-state index contributed by atoms with van der Waals surface area (Å²) in [4.78, 5) is 32.6. The lowest BCUT2D eigenvalue weighted by Crippen LogP contribution is -2.33. The molecule has 0 aliphatic carbocycles. The number of aliphatic imine (C=N–C) groups is 1. The van der Waals surface area contributed by atoms with Crippen LogP contribution in [0.3, 0.4) is 0 Å². The van der Waals surface area contributed by atoms with Gasteiger partial charge in [-0.05, 0) is 81.4 Å². The molecule has 36 heavy (non-hydrogen) atoms. The molecule has 1 fully saturated rings. The number of ether oxygens (including phenoxy) is 2. The molecule has 1 atom stereocenters. The maximum Gasteiger partial charge on any atom is 0.247 e. The van der Waals surface area contributed by atoms with E-state index in [9.17, 15) is 9.59 Å². The molecule has 186 valence electrons. The molecule has 2 amide bonds. The molecule has 7 nitrogen and oxygen atoms in total. The van der Waals surface area contributed by atoms with Crippen molar-refractivity contribution in [2.45, 2.75) is 32.4 Å². The molecule has 1 aliphatic rings. The van der Waals surface area contributed by atoms with Gasteiger partial charge in [-0.25, -0.2) is 4.99 Å². The van der Waals surface area contributed by atoms with Gasteiger partial charge in [0.05, 0.1) is 24.6 Å². The van der Waals surface area contributed by atoms with E-state index in [0.29, 0.717) is 35.4 Å².